The van der Waals surface area contributed by atoms with E-state index in [0.29, 0.717) is 6.04 Å². The molecule has 0 aliphatic rings. The van der Waals surface area contributed by atoms with Gasteiger partial charge in [-0.2, -0.15) is 0 Å². The molecule has 0 spiro atoms. The van der Waals surface area contributed by atoms with E-state index in [0.717, 1.165) is 19.9 Å². The molecule has 0 aliphatic carbocycles. The van der Waals surface area contributed by atoms with E-state index in [1.807, 2.05) is 6.92 Å². The van der Waals surface area contributed by atoms with Crippen LogP contribution in [0, 0.1) is 0 Å². The van der Waals surface area contributed by atoms with Crippen molar-refractivity contribution >= 4 is 0 Å². The van der Waals surface area contributed by atoms with Gasteiger partial charge in [0, 0.05) is 12.6 Å². The minimum Gasteiger partial charge on any atom is -0.366 e. The second kappa shape index (κ2) is 5.69. The van der Waals surface area contributed by atoms with Crippen LogP contribution in [-0.4, -0.2) is 30.8 Å². The molecule has 0 N–H and O–H groups in total. The Morgan fingerprint density at radius 1 is 1.30 bits per heavy atom. The summed E-state index contributed by atoms with van der Waals surface area (Å²) in [6.45, 7) is 11.2. The van der Waals surface area contributed by atoms with E-state index in [1.165, 1.54) is 0 Å². The normalized spacial score (nSPS) is 11.4. The van der Waals surface area contributed by atoms with Gasteiger partial charge in [-0.3, -0.25) is 4.90 Å². The number of rotatable bonds is 5. The first-order valence-electron chi connectivity index (χ1n) is 4.04. The van der Waals surface area contributed by atoms with E-state index in [4.69, 9.17) is 4.74 Å². The van der Waals surface area contributed by atoms with Crippen LogP contribution in [0.2, 0.25) is 0 Å². The summed E-state index contributed by atoms with van der Waals surface area (Å²) in [7, 11) is 0. The Balaban J connectivity index is 3.40. The van der Waals surface area contributed by atoms with Gasteiger partial charge >= 0.3 is 0 Å². The summed E-state index contributed by atoms with van der Waals surface area (Å²) in [5, 5.41) is 0. The highest BCUT2D eigenvalue weighted by molar-refractivity contribution is 4.54. The average molecular weight is 145 g/mol. The van der Waals surface area contributed by atoms with Crippen molar-refractivity contribution in [3.8, 4) is 0 Å². The summed E-state index contributed by atoms with van der Waals surface area (Å²) in [6, 6.07) is 0.594. The van der Waals surface area contributed by atoms with Crippen LogP contribution in [0.5, 0.6) is 0 Å². The van der Waals surface area contributed by atoms with Gasteiger partial charge < -0.3 is 4.74 Å². The highest BCUT2D eigenvalue weighted by Crippen LogP contribution is 1.96. The Bertz CT molecular complexity index is 73.7. The number of ether oxygens (including phenoxy) is 1. The van der Waals surface area contributed by atoms with Crippen molar-refractivity contribution in [2.75, 3.05) is 19.9 Å². The van der Waals surface area contributed by atoms with E-state index in [2.05, 4.69) is 25.7 Å². The number of nitrogens with zero attached hydrogens (tertiary/aromatic N) is 1. The predicted molar refractivity (Wildman–Crippen MR) is 44.0 cm³/mol. The first kappa shape index (κ1) is 9.92. The molecule has 0 aromatic heterocycles. The van der Waals surface area contributed by atoms with Crippen LogP contribution in [0.3, 0.4) is 0 Å². The topological polar surface area (TPSA) is 12.5 Å². The molecule has 0 atom stereocenters. The molecule has 0 saturated carbocycles. The van der Waals surface area contributed by atoms with Crippen molar-refractivity contribution in [1.82, 2.24) is 4.90 Å². The summed E-state index contributed by atoms with van der Waals surface area (Å²) in [5.74, 6) is 0. The average Bonchev–Trinajstić information content (AvgIpc) is 1.89. The molecule has 0 rings (SSSR count). The highest BCUT2D eigenvalue weighted by Gasteiger charge is 2.04. The van der Waals surface area contributed by atoms with Crippen LogP contribution in [0.1, 0.15) is 27.7 Å². The van der Waals surface area contributed by atoms with Crippen molar-refractivity contribution in [3.63, 3.8) is 0 Å². The van der Waals surface area contributed by atoms with Gasteiger partial charge in [0.05, 0.1) is 6.73 Å². The molecule has 0 bridgehead atoms. The first-order valence-corrected chi connectivity index (χ1v) is 4.04. The molecule has 0 heterocycles. The monoisotopic (exact) mass is 145 g/mol. The molecule has 0 radical (unpaired) electrons. The maximum absolute atomic E-state index is 5.27. The second-order valence-electron chi connectivity index (χ2n) is 2.62. The molecular weight excluding hydrogens is 126 g/mol. The largest absolute Gasteiger partial charge is 0.366 e. The van der Waals surface area contributed by atoms with Crippen molar-refractivity contribution in [2.45, 2.75) is 33.7 Å². The van der Waals surface area contributed by atoms with E-state index in [1.54, 1.807) is 0 Å². The molecule has 0 aliphatic heterocycles. The van der Waals surface area contributed by atoms with E-state index < -0.39 is 0 Å². The summed E-state index contributed by atoms with van der Waals surface area (Å²) in [6.07, 6.45) is 0. The molecular formula is C8H19NO. The van der Waals surface area contributed by atoms with E-state index in [-0.39, 0.29) is 0 Å². The fraction of sp³-hybridized carbons (Fsp3) is 1.00. The van der Waals surface area contributed by atoms with Gasteiger partial charge in [-0.25, -0.2) is 0 Å². The van der Waals surface area contributed by atoms with Gasteiger partial charge in [0.25, 0.3) is 0 Å². The van der Waals surface area contributed by atoms with Crippen LogP contribution < -0.4 is 0 Å². The smallest absolute Gasteiger partial charge is 0.0992 e. The van der Waals surface area contributed by atoms with Gasteiger partial charge in [-0.1, -0.05) is 6.92 Å². The molecule has 0 aromatic carbocycles. The molecule has 0 unspecified atom stereocenters. The third kappa shape index (κ3) is 3.85. The third-order valence-electron chi connectivity index (χ3n) is 1.60. The lowest BCUT2D eigenvalue weighted by atomic mass is 10.3. The van der Waals surface area contributed by atoms with Crippen molar-refractivity contribution < 1.29 is 4.74 Å². The minimum absolute atomic E-state index is 0.594. The van der Waals surface area contributed by atoms with Crippen molar-refractivity contribution in [3.05, 3.63) is 0 Å². The fourth-order valence-corrected chi connectivity index (χ4v) is 0.814. The zero-order chi connectivity index (χ0) is 7.98. The summed E-state index contributed by atoms with van der Waals surface area (Å²) < 4.78 is 5.27. The quantitative estimate of drug-likeness (QED) is 0.546. The molecule has 0 saturated heterocycles. The summed E-state index contributed by atoms with van der Waals surface area (Å²) >= 11 is 0. The van der Waals surface area contributed by atoms with Gasteiger partial charge in [0.1, 0.15) is 0 Å². The molecule has 2 nitrogen and oxygen atoms in total. The lowest BCUT2D eigenvalue weighted by molar-refractivity contribution is 0.0217. The molecule has 2 heteroatoms. The van der Waals surface area contributed by atoms with Crippen LogP contribution in [-0.2, 0) is 4.74 Å². The van der Waals surface area contributed by atoms with E-state index >= 15 is 0 Å². The van der Waals surface area contributed by atoms with Crippen LogP contribution in [0.4, 0.5) is 0 Å². The Hall–Kier alpha value is -0.0800. The molecule has 0 aromatic rings. The molecule has 0 amide bonds. The number of hydrogen-bond acceptors (Lipinski definition) is 2. The van der Waals surface area contributed by atoms with Gasteiger partial charge in [-0.15, -0.1) is 0 Å². The Labute approximate surface area is 64.2 Å². The van der Waals surface area contributed by atoms with Crippen molar-refractivity contribution in [2.24, 2.45) is 0 Å². The van der Waals surface area contributed by atoms with E-state index in [9.17, 15) is 0 Å². The fourth-order valence-electron chi connectivity index (χ4n) is 0.814. The summed E-state index contributed by atoms with van der Waals surface area (Å²) in [5.41, 5.74) is 0. The molecule has 62 valence electrons. The maximum Gasteiger partial charge on any atom is 0.0992 e. The van der Waals surface area contributed by atoms with Gasteiger partial charge in [0.15, 0.2) is 0 Å². The summed E-state index contributed by atoms with van der Waals surface area (Å²) in [4.78, 5) is 2.28. The number of hydrogen-bond donors (Lipinski definition) is 0. The Morgan fingerprint density at radius 3 is 2.20 bits per heavy atom. The Kier molecular flexibility index (Phi) is 5.64. The molecule has 0 fully saturated rings. The Morgan fingerprint density at radius 2 is 1.90 bits per heavy atom. The van der Waals surface area contributed by atoms with Crippen molar-refractivity contribution in [1.29, 1.82) is 0 Å². The maximum atomic E-state index is 5.27. The van der Waals surface area contributed by atoms with Crippen LogP contribution in [0.15, 0.2) is 0 Å². The van der Waals surface area contributed by atoms with Crippen LogP contribution in [0.25, 0.3) is 0 Å². The second-order valence-corrected chi connectivity index (χ2v) is 2.62. The minimum atomic E-state index is 0.594. The standard InChI is InChI=1S/C8H19NO/c1-5-9(8(3)4)7-10-6-2/h8H,5-7H2,1-4H3. The lowest BCUT2D eigenvalue weighted by Gasteiger charge is -2.23. The lowest BCUT2D eigenvalue weighted by Crippen LogP contribution is -2.32. The SMILES string of the molecule is CCOCN(CC)C(C)C. The van der Waals surface area contributed by atoms with Gasteiger partial charge in [0.2, 0.25) is 0 Å². The first-order chi connectivity index (χ1) is 4.72. The van der Waals surface area contributed by atoms with Gasteiger partial charge in [-0.05, 0) is 27.3 Å². The zero-order valence-corrected chi connectivity index (χ0v) is 7.55. The molecule has 10 heavy (non-hydrogen) atoms. The highest BCUT2D eigenvalue weighted by atomic mass is 16.5. The van der Waals surface area contributed by atoms with Crippen LogP contribution >= 0.6 is 0 Å². The zero-order valence-electron chi connectivity index (χ0n) is 7.55. The predicted octanol–water partition coefficient (Wildman–Crippen LogP) is 1.71. The third-order valence-corrected chi connectivity index (χ3v) is 1.60.